The van der Waals surface area contributed by atoms with Crippen molar-refractivity contribution in [1.29, 1.82) is 0 Å². The number of hydrogen-bond acceptors (Lipinski definition) is 3. The molecule has 0 saturated heterocycles. The number of nitrogens with one attached hydrogen (secondary N) is 1. The van der Waals surface area contributed by atoms with Crippen LogP contribution in [0.25, 0.3) is 0 Å². The van der Waals surface area contributed by atoms with Crippen LogP contribution in [-0.2, 0) is 20.0 Å². The van der Waals surface area contributed by atoms with Gasteiger partial charge in [-0.05, 0) is 39.0 Å². The Hall–Kier alpha value is -0.580. The van der Waals surface area contributed by atoms with Crippen LogP contribution >= 0.6 is 11.6 Å². The monoisotopic (exact) mass is 286 g/mol. The number of aryl methyl sites for hydroxylation is 2. The maximum absolute atomic E-state index is 6.31. The van der Waals surface area contributed by atoms with Gasteiger partial charge < -0.3 is 10.2 Å². The molecule has 1 aromatic rings. The van der Waals surface area contributed by atoms with E-state index in [2.05, 4.69) is 36.1 Å². The minimum absolute atomic E-state index is 0.792. The first-order valence-electron chi connectivity index (χ1n) is 7.27. The van der Waals surface area contributed by atoms with Gasteiger partial charge in [0, 0.05) is 13.6 Å². The van der Waals surface area contributed by atoms with Gasteiger partial charge in [-0.1, -0.05) is 32.4 Å². The van der Waals surface area contributed by atoms with Crippen LogP contribution in [0.2, 0.25) is 5.02 Å². The van der Waals surface area contributed by atoms with Crippen molar-refractivity contribution in [2.75, 3.05) is 26.2 Å². The summed E-state index contributed by atoms with van der Waals surface area (Å²) in [6, 6.07) is 0. The molecule has 0 unspecified atom stereocenters. The highest BCUT2D eigenvalue weighted by molar-refractivity contribution is 6.31. The largest absolute Gasteiger partial charge is 0.311 e. The summed E-state index contributed by atoms with van der Waals surface area (Å²) >= 11 is 6.31. The summed E-state index contributed by atoms with van der Waals surface area (Å²) in [7, 11) is 1.96. The fourth-order valence-corrected chi connectivity index (χ4v) is 2.55. The van der Waals surface area contributed by atoms with Crippen molar-refractivity contribution in [3.8, 4) is 0 Å². The molecule has 0 fully saturated rings. The molecule has 110 valence electrons. The maximum Gasteiger partial charge on any atom is 0.0863 e. The molecule has 0 amide bonds. The molecule has 0 atom stereocenters. The van der Waals surface area contributed by atoms with Crippen molar-refractivity contribution in [2.24, 2.45) is 7.05 Å². The van der Waals surface area contributed by atoms with Crippen molar-refractivity contribution in [3.63, 3.8) is 0 Å². The third-order valence-electron chi connectivity index (χ3n) is 3.52. The summed E-state index contributed by atoms with van der Waals surface area (Å²) in [5, 5.41) is 8.69. The third-order valence-corrected chi connectivity index (χ3v) is 3.95. The second-order valence-electron chi connectivity index (χ2n) is 4.74. The van der Waals surface area contributed by atoms with Gasteiger partial charge in [0.25, 0.3) is 0 Å². The molecular weight excluding hydrogens is 260 g/mol. The van der Waals surface area contributed by atoms with Gasteiger partial charge in [0.15, 0.2) is 0 Å². The van der Waals surface area contributed by atoms with E-state index in [1.807, 2.05) is 11.7 Å². The minimum Gasteiger partial charge on any atom is -0.311 e. The molecule has 0 aliphatic rings. The van der Waals surface area contributed by atoms with Crippen LogP contribution in [0.1, 0.15) is 38.6 Å². The summed E-state index contributed by atoms with van der Waals surface area (Å²) in [4.78, 5) is 2.44. The van der Waals surface area contributed by atoms with E-state index in [0.717, 1.165) is 62.0 Å². The zero-order chi connectivity index (χ0) is 14.3. The molecule has 0 bridgehead atoms. The van der Waals surface area contributed by atoms with Crippen molar-refractivity contribution in [3.05, 3.63) is 16.4 Å². The summed E-state index contributed by atoms with van der Waals surface area (Å²) < 4.78 is 1.89. The van der Waals surface area contributed by atoms with Crippen LogP contribution in [0.15, 0.2) is 0 Å². The zero-order valence-electron chi connectivity index (χ0n) is 12.7. The quantitative estimate of drug-likeness (QED) is 0.708. The highest BCUT2D eigenvalue weighted by atomic mass is 35.5. The van der Waals surface area contributed by atoms with Crippen LogP contribution in [-0.4, -0.2) is 40.9 Å². The molecular formula is C14H27ClN4. The molecule has 1 aromatic heterocycles. The lowest BCUT2D eigenvalue weighted by Crippen LogP contribution is -2.27. The lowest BCUT2D eigenvalue weighted by Gasteiger charge is -2.17. The number of hydrogen-bond donors (Lipinski definition) is 1. The lowest BCUT2D eigenvalue weighted by atomic mass is 10.3. The lowest BCUT2D eigenvalue weighted by molar-refractivity contribution is 0.298. The number of rotatable bonds is 9. The summed E-state index contributed by atoms with van der Waals surface area (Å²) in [5.74, 6) is 0. The molecule has 4 nitrogen and oxygen atoms in total. The van der Waals surface area contributed by atoms with E-state index in [1.165, 1.54) is 0 Å². The van der Waals surface area contributed by atoms with E-state index in [4.69, 9.17) is 11.6 Å². The van der Waals surface area contributed by atoms with E-state index < -0.39 is 0 Å². The molecule has 1 heterocycles. The smallest absolute Gasteiger partial charge is 0.0863 e. The van der Waals surface area contributed by atoms with Crippen LogP contribution in [0.5, 0.6) is 0 Å². The fourth-order valence-electron chi connectivity index (χ4n) is 2.19. The fraction of sp³-hybridized carbons (Fsp3) is 0.786. The molecule has 0 radical (unpaired) electrons. The number of nitrogens with zero attached hydrogens (tertiary/aromatic N) is 3. The second kappa shape index (κ2) is 8.56. The van der Waals surface area contributed by atoms with Gasteiger partial charge in [-0.3, -0.25) is 4.68 Å². The first-order chi connectivity index (χ1) is 9.13. The summed E-state index contributed by atoms with van der Waals surface area (Å²) in [6.07, 6.45) is 2.05. The molecule has 0 aromatic carbocycles. The summed E-state index contributed by atoms with van der Waals surface area (Å²) in [6.45, 7) is 11.7. The molecule has 0 aliphatic carbocycles. The molecule has 0 saturated carbocycles. The van der Waals surface area contributed by atoms with E-state index in [9.17, 15) is 0 Å². The standard InChI is InChI=1S/C14H27ClN4/c1-5-12-14(15)13(18(4)17-12)11-16-9-8-10-19(6-2)7-3/h16H,5-11H2,1-4H3. The highest BCUT2D eigenvalue weighted by Gasteiger charge is 2.11. The van der Waals surface area contributed by atoms with E-state index >= 15 is 0 Å². The Balaban J connectivity index is 2.32. The molecule has 19 heavy (non-hydrogen) atoms. The Labute approximate surface area is 122 Å². The van der Waals surface area contributed by atoms with Gasteiger partial charge >= 0.3 is 0 Å². The van der Waals surface area contributed by atoms with Crippen molar-refractivity contribution < 1.29 is 0 Å². The average molecular weight is 287 g/mol. The van der Waals surface area contributed by atoms with Gasteiger partial charge in [-0.25, -0.2) is 0 Å². The molecule has 0 aliphatic heterocycles. The normalized spacial score (nSPS) is 11.5. The first kappa shape index (κ1) is 16.5. The third kappa shape index (κ3) is 4.79. The Bertz CT molecular complexity index is 372. The van der Waals surface area contributed by atoms with Crippen LogP contribution < -0.4 is 5.32 Å². The van der Waals surface area contributed by atoms with Gasteiger partial charge in [0.05, 0.1) is 16.4 Å². The van der Waals surface area contributed by atoms with Crippen molar-refractivity contribution in [2.45, 2.75) is 40.2 Å². The predicted octanol–water partition coefficient (Wildman–Crippen LogP) is 2.46. The Morgan fingerprint density at radius 1 is 1.26 bits per heavy atom. The topological polar surface area (TPSA) is 33.1 Å². The zero-order valence-corrected chi connectivity index (χ0v) is 13.4. The van der Waals surface area contributed by atoms with Crippen LogP contribution in [0.3, 0.4) is 0 Å². The van der Waals surface area contributed by atoms with Gasteiger partial charge in [-0.15, -0.1) is 0 Å². The number of aromatic nitrogens is 2. The molecule has 0 spiro atoms. The van der Waals surface area contributed by atoms with Crippen molar-refractivity contribution in [1.82, 2.24) is 20.0 Å². The van der Waals surface area contributed by atoms with E-state index in [0.29, 0.717) is 0 Å². The molecule has 1 rings (SSSR count). The average Bonchev–Trinajstić information content (AvgIpc) is 2.69. The Kier molecular flexibility index (Phi) is 7.42. The number of halogens is 1. The maximum atomic E-state index is 6.31. The van der Waals surface area contributed by atoms with Crippen LogP contribution in [0.4, 0.5) is 0 Å². The summed E-state index contributed by atoms with van der Waals surface area (Å²) in [5.41, 5.74) is 2.07. The molecule has 5 heteroatoms. The van der Waals surface area contributed by atoms with E-state index in [-0.39, 0.29) is 0 Å². The highest BCUT2D eigenvalue weighted by Crippen LogP contribution is 2.20. The van der Waals surface area contributed by atoms with Crippen molar-refractivity contribution >= 4 is 11.6 Å². The van der Waals surface area contributed by atoms with Crippen LogP contribution in [0, 0.1) is 0 Å². The van der Waals surface area contributed by atoms with Gasteiger partial charge in [0.2, 0.25) is 0 Å². The Morgan fingerprint density at radius 2 is 1.95 bits per heavy atom. The van der Waals surface area contributed by atoms with Gasteiger partial charge in [-0.2, -0.15) is 5.10 Å². The van der Waals surface area contributed by atoms with Gasteiger partial charge in [0.1, 0.15) is 0 Å². The van der Waals surface area contributed by atoms with E-state index in [1.54, 1.807) is 0 Å². The SMILES string of the molecule is CCc1nn(C)c(CNCCCN(CC)CC)c1Cl. The minimum atomic E-state index is 0.792. The predicted molar refractivity (Wildman–Crippen MR) is 81.7 cm³/mol. The first-order valence-corrected chi connectivity index (χ1v) is 7.65. The Morgan fingerprint density at radius 3 is 2.47 bits per heavy atom. The molecule has 1 N–H and O–H groups in total. The second-order valence-corrected chi connectivity index (χ2v) is 5.12.